The van der Waals surface area contributed by atoms with E-state index in [1.165, 1.54) is 11.8 Å². The molecule has 0 atom stereocenters. The molecule has 0 aliphatic rings. The highest BCUT2D eigenvalue weighted by Crippen LogP contribution is 2.35. The number of nitrogens with two attached hydrogens (primary N) is 1. The monoisotopic (exact) mass is 322 g/mol. The summed E-state index contributed by atoms with van der Waals surface area (Å²) in [7, 11) is 0. The summed E-state index contributed by atoms with van der Waals surface area (Å²) in [6, 6.07) is 12.6. The first-order valence-electron chi connectivity index (χ1n) is 6.51. The highest BCUT2D eigenvalue weighted by atomic mass is 35.5. The van der Waals surface area contributed by atoms with E-state index in [1.807, 2.05) is 18.2 Å². The number of nitrogens with zero attached hydrogens (tertiary/aromatic N) is 1. The molecule has 110 valence electrons. The first kappa shape index (κ1) is 15.8. The zero-order chi connectivity index (χ0) is 15.2. The molecule has 0 unspecified atom stereocenters. The Morgan fingerprint density at radius 1 is 1.19 bits per heavy atom. The molecule has 4 nitrogen and oxygen atoms in total. The van der Waals surface area contributed by atoms with Crippen LogP contribution in [0.2, 0.25) is 5.02 Å². The predicted octanol–water partition coefficient (Wildman–Crippen LogP) is 4.29. The fraction of sp³-hybridized carbons (Fsp3) is 0.200. The van der Waals surface area contributed by atoms with Crippen molar-refractivity contribution in [3.63, 3.8) is 0 Å². The van der Waals surface area contributed by atoms with Crippen molar-refractivity contribution < 1.29 is 4.92 Å². The van der Waals surface area contributed by atoms with E-state index in [1.54, 1.807) is 24.3 Å². The number of halogens is 1. The lowest BCUT2D eigenvalue weighted by molar-refractivity contribution is -0.387. The average Bonchev–Trinajstić information content (AvgIpc) is 2.48. The molecule has 0 fully saturated rings. The van der Waals surface area contributed by atoms with Gasteiger partial charge in [0.25, 0.3) is 5.69 Å². The van der Waals surface area contributed by atoms with Gasteiger partial charge in [-0.15, -0.1) is 0 Å². The van der Waals surface area contributed by atoms with Gasteiger partial charge in [0, 0.05) is 16.0 Å². The van der Waals surface area contributed by atoms with Crippen molar-refractivity contribution in [1.29, 1.82) is 0 Å². The van der Waals surface area contributed by atoms with Gasteiger partial charge in [-0.25, -0.2) is 0 Å². The van der Waals surface area contributed by atoms with Gasteiger partial charge in [-0.2, -0.15) is 0 Å². The van der Waals surface area contributed by atoms with Crippen LogP contribution >= 0.6 is 23.4 Å². The molecule has 0 aliphatic heterocycles. The Kier molecular flexibility index (Phi) is 5.61. The van der Waals surface area contributed by atoms with Crippen LogP contribution in [0.5, 0.6) is 0 Å². The maximum absolute atomic E-state index is 11.2. The van der Waals surface area contributed by atoms with E-state index in [0.717, 1.165) is 23.3 Å². The van der Waals surface area contributed by atoms with Gasteiger partial charge in [0.15, 0.2) is 0 Å². The largest absolute Gasteiger partial charge is 0.330 e. The number of hydrogen-bond acceptors (Lipinski definition) is 4. The first-order valence-corrected chi connectivity index (χ1v) is 7.70. The van der Waals surface area contributed by atoms with E-state index in [0.29, 0.717) is 16.5 Å². The molecule has 0 aliphatic carbocycles. The van der Waals surface area contributed by atoms with Crippen molar-refractivity contribution in [2.75, 3.05) is 6.54 Å². The standard InChI is InChI=1S/C15H15ClN2O2S/c16-12-4-6-13(7-5-12)21-15-8-3-11(2-1-9-17)10-14(15)18(19)20/h3-8,10H,1-2,9,17H2. The normalized spacial score (nSPS) is 10.6. The summed E-state index contributed by atoms with van der Waals surface area (Å²) < 4.78 is 0. The van der Waals surface area contributed by atoms with Gasteiger partial charge in [-0.3, -0.25) is 10.1 Å². The second kappa shape index (κ2) is 7.45. The predicted molar refractivity (Wildman–Crippen MR) is 86.0 cm³/mol. The molecule has 0 heterocycles. The van der Waals surface area contributed by atoms with Crippen LogP contribution in [0.15, 0.2) is 52.3 Å². The number of hydrogen-bond donors (Lipinski definition) is 1. The number of nitro groups is 1. The number of rotatable bonds is 6. The third kappa shape index (κ3) is 4.46. The van der Waals surface area contributed by atoms with Gasteiger partial charge in [0.2, 0.25) is 0 Å². The summed E-state index contributed by atoms with van der Waals surface area (Å²) in [5.41, 5.74) is 6.54. The lowest BCUT2D eigenvalue weighted by Crippen LogP contribution is -2.01. The maximum Gasteiger partial charge on any atom is 0.283 e. The smallest absolute Gasteiger partial charge is 0.283 e. The van der Waals surface area contributed by atoms with Crippen LogP contribution in [0.1, 0.15) is 12.0 Å². The molecular weight excluding hydrogens is 308 g/mol. The molecule has 0 amide bonds. The van der Waals surface area contributed by atoms with Crippen LogP contribution in [0.3, 0.4) is 0 Å². The van der Waals surface area contributed by atoms with Gasteiger partial charge >= 0.3 is 0 Å². The molecule has 2 aromatic rings. The van der Waals surface area contributed by atoms with Crippen molar-refractivity contribution in [3.8, 4) is 0 Å². The average molecular weight is 323 g/mol. The third-order valence-corrected chi connectivity index (χ3v) is 4.26. The molecule has 2 N–H and O–H groups in total. The fourth-order valence-corrected chi connectivity index (χ4v) is 2.91. The summed E-state index contributed by atoms with van der Waals surface area (Å²) in [5, 5.41) is 11.9. The van der Waals surface area contributed by atoms with Crippen LogP contribution < -0.4 is 5.73 Å². The molecule has 0 aromatic heterocycles. The third-order valence-electron chi connectivity index (χ3n) is 2.93. The summed E-state index contributed by atoms with van der Waals surface area (Å²) in [6.45, 7) is 0.578. The molecule has 0 saturated heterocycles. The fourth-order valence-electron chi connectivity index (χ4n) is 1.88. The molecule has 6 heteroatoms. The van der Waals surface area contributed by atoms with Crippen LogP contribution in [-0.4, -0.2) is 11.5 Å². The summed E-state index contributed by atoms with van der Waals surface area (Å²) in [4.78, 5) is 12.4. The van der Waals surface area contributed by atoms with Crippen LogP contribution in [-0.2, 0) is 6.42 Å². The van der Waals surface area contributed by atoms with Crippen LogP contribution in [0, 0.1) is 10.1 Å². The van der Waals surface area contributed by atoms with Gasteiger partial charge in [0.1, 0.15) is 0 Å². The Hall–Kier alpha value is -1.56. The van der Waals surface area contributed by atoms with Crippen molar-refractivity contribution in [2.45, 2.75) is 22.6 Å². The molecule has 0 saturated carbocycles. The number of aryl methyl sites for hydroxylation is 1. The van der Waals surface area contributed by atoms with E-state index < -0.39 is 0 Å². The first-order chi connectivity index (χ1) is 10.1. The maximum atomic E-state index is 11.2. The van der Waals surface area contributed by atoms with E-state index in [-0.39, 0.29) is 10.6 Å². The molecule has 21 heavy (non-hydrogen) atoms. The second-order valence-electron chi connectivity index (χ2n) is 4.51. The lowest BCUT2D eigenvalue weighted by Gasteiger charge is -2.06. The van der Waals surface area contributed by atoms with Crippen molar-refractivity contribution in [3.05, 3.63) is 63.2 Å². The van der Waals surface area contributed by atoms with Crippen LogP contribution in [0.4, 0.5) is 5.69 Å². The van der Waals surface area contributed by atoms with Crippen molar-refractivity contribution in [1.82, 2.24) is 0 Å². The van der Waals surface area contributed by atoms with Crippen molar-refractivity contribution >= 4 is 29.1 Å². The molecule has 0 bridgehead atoms. The Balaban J connectivity index is 2.25. The van der Waals surface area contributed by atoms with E-state index in [2.05, 4.69) is 0 Å². The molecule has 0 radical (unpaired) electrons. The van der Waals surface area contributed by atoms with E-state index in [9.17, 15) is 10.1 Å². The summed E-state index contributed by atoms with van der Waals surface area (Å²) >= 11 is 7.20. The number of benzene rings is 2. The lowest BCUT2D eigenvalue weighted by atomic mass is 10.1. The van der Waals surface area contributed by atoms with Gasteiger partial charge < -0.3 is 5.73 Å². The van der Waals surface area contributed by atoms with Gasteiger partial charge in [-0.05, 0) is 55.3 Å². The molecular formula is C15H15ClN2O2S. The highest BCUT2D eigenvalue weighted by molar-refractivity contribution is 7.99. The van der Waals surface area contributed by atoms with Crippen LogP contribution in [0.25, 0.3) is 0 Å². The topological polar surface area (TPSA) is 69.2 Å². The molecule has 2 rings (SSSR count). The number of nitro benzene ring substituents is 1. The van der Waals surface area contributed by atoms with Gasteiger partial charge in [0.05, 0.1) is 9.82 Å². The van der Waals surface area contributed by atoms with Gasteiger partial charge in [-0.1, -0.05) is 29.4 Å². The van der Waals surface area contributed by atoms with E-state index >= 15 is 0 Å². The molecule has 2 aromatic carbocycles. The quantitative estimate of drug-likeness (QED) is 0.636. The Labute approximate surface area is 132 Å². The minimum Gasteiger partial charge on any atom is -0.330 e. The minimum atomic E-state index is -0.343. The minimum absolute atomic E-state index is 0.129. The van der Waals surface area contributed by atoms with Crippen molar-refractivity contribution in [2.24, 2.45) is 5.73 Å². The zero-order valence-electron chi connectivity index (χ0n) is 11.3. The Bertz CT molecular complexity index is 632. The second-order valence-corrected chi connectivity index (χ2v) is 6.06. The van der Waals surface area contributed by atoms with E-state index in [4.69, 9.17) is 17.3 Å². The zero-order valence-corrected chi connectivity index (χ0v) is 12.9. The Morgan fingerprint density at radius 3 is 2.52 bits per heavy atom. The summed E-state index contributed by atoms with van der Waals surface area (Å²) in [6.07, 6.45) is 1.57. The Morgan fingerprint density at radius 2 is 1.90 bits per heavy atom. The highest BCUT2D eigenvalue weighted by Gasteiger charge is 2.15. The molecule has 0 spiro atoms. The summed E-state index contributed by atoms with van der Waals surface area (Å²) in [5.74, 6) is 0. The SMILES string of the molecule is NCCCc1ccc(Sc2ccc(Cl)cc2)c([N+](=O)[O-])c1.